The van der Waals surface area contributed by atoms with Crippen LogP contribution in [0.4, 0.5) is 0 Å². The third kappa shape index (κ3) is 6.44. The number of nitrogens with zero attached hydrogens (tertiary/aromatic N) is 2. The van der Waals surface area contributed by atoms with Crippen molar-refractivity contribution in [1.82, 2.24) is 14.5 Å². The maximum absolute atomic E-state index is 13.2. The van der Waals surface area contributed by atoms with Gasteiger partial charge in [0.05, 0.1) is 18.6 Å². The number of hydrogen-bond acceptors (Lipinski definition) is 6. The zero-order chi connectivity index (χ0) is 24.9. The Labute approximate surface area is 204 Å². The Balaban J connectivity index is 1.65. The summed E-state index contributed by atoms with van der Waals surface area (Å²) in [6, 6.07) is 14.4. The van der Waals surface area contributed by atoms with Gasteiger partial charge in [-0.1, -0.05) is 38.1 Å². The molecule has 0 amide bonds. The van der Waals surface area contributed by atoms with Gasteiger partial charge >= 0.3 is 0 Å². The molecule has 0 aliphatic carbocycles. The monoisotopic (exact) mass is 487 g/mol. The first kappa shape index (κ1) is 26.3. The summed E-state index contributed by atoms with van der Waals surface area (Å²) in [5.41, 5.74) is 1.52. The number of ketones is 1. The Morgan fingerprint density at radius 2 is 1.76 bits per heavy atom. The minimum Gasteiger partial charge on any atom is -0.497 e. The van der Waals surface area contributed by atoms with Crippen molar-refractivity contribution in [2.45, 2.75) is 31.2 Å². The molecule has 3 rings (SSSR count). The molecule has 1 saturated heterocycles. The smallest absolute Gasteiger partial charge is 0.243 e. The number of benzene rings is 2. The predicted molar refractivity (Wildman–Crippen MR) is 135 cm³/mol. The molecule has 1 heterocycles. The van der Waals surface area contributed by atoms with E-state index in [1.807, 2.05) is 38.4 Å². The minimum atomic E-state index is -3.63. The van der Waals surface area contributed by atoms with Crippen molar-refractivity contribution < 1.29 is 17.9 Å². The molecule has 0 bridgehead atoms. The average Bonchev–Trinajstić information content (AvgIpc) is 2.81. The lowest BCUT2D eigenvalue weighted by molar-refractivity contribution is 0.0988. The molecule has 1 N–H and O–H groups in total. The van der Waals surface area contributed by atoms with E-state index in [1.165, 1.54) is 6.07 Å². The average molecular weight is 488 g/mol. The lowest BCUT2D eigenvalue weighted by atomic mass is 9.94. The first-order chi connectivity index (χ1) is 16.1. The summed E-state index contributed by atoms with van der Waals surface area (Å²) in [5, 5.41) is 3.24. The fourth-order valence-electron chi connectivity index (χ4n) is 4.63. The summed E-state index contributed by atoms with van der Waals surface area (Å²) < 4.78 is 33.2. The summed E-state index contributed by atoms with van der Waals surface area (Å²) in [6.07, 6.45) is 1.03. The van der Waals surface area contributed by atoms with Crippen LogP contribution < -0.4 is 10.1 Å². The second-order valence-corrected chi connectivity index (χ2v) is 11.5. The van der Waals surface area contributed by atoms with Gasteiger partial charge in [0.15, 0.2) is 5.78 Å². The predicted octanol–water partition coefficient (Wildman–Crippen LogP) is 3.44. The molecular formula is C26H37N3O4S. The van der Waals surface area contributed by atoms with Gasteiger partial charge in [-0.25, -0.2) is 8.42 Å². The van der Waals surface area contributed by atoms with Gasteiger partial charge < -0.3 is 15.0 Å². The first-order valence-electron chi connectivity index (χ1n) is 11.8. The fraction of sp³-hybridized carbons (Fsp3) is 0.500. The van der Waals surface area contributed by atoms with Crippen LogP contribution in [0.1, 0.15) is 42.2 Å². The van der Waals surface area contributed by atoms with Gasteiger partial charge in [-0.3, -0.25) is 4.79 Å². The quantitative estimate of drug-likeness (QED) is 0.517. The summed E-state index contributed by atoms with van der Waals surface area (Å²) >= 11 is 0. The lowest BCUT2D eigenvalue weighted by Crippen LogP contribution is -2.42. The van der Waals surface area contributed by atoms with Gasteiger partial charge in [0.2, 0.25) is 10.0 Å². The van der Waals surface area contributed by atoms with E-state index in [0.717, 1.165) is 17.7 Å². The van der Waals surface area contributed by atoms with E-state index in [0.29, 0.717) is 37.0 Å². The van der Waals surface area contributed by atoms with Gasteiger partial charge in [0, 0.05) is 31.2 Å². The van der Waals surface area contributed by atoms with E-state index in [2.05, 4.69) is 24.1 Å². The molecule has 8 heteroatoms. The van der Waals surface area contributed by atoms with Crippen molar-refractivity contribution in [3.8, 4) is 5.75 Å². The van der Waals surface area contributed by atoms with Crippen molar-refractivity contribution in [2.75, 3.05) is 47.4 Å². The molecule has 34 heavy (non-hydrogen) atoms. The van der Waals surface area contributed by atoms with E-state index in [-0.39, 0.29) is 23.3 Å². The number of Topliss-reactive ketones (excluding diaryl/α,β-unsaturated/α-hetero) is 1. The third-order valence-electron chi connectivity index (χ3n) is 6.38. The number of carbonyl (C=O) groups is 1. The summed E-state index contributed by atoms with van der Waals surface area (Å²) in [7, 11) is 2.00. The van der Waals surface area contributed by atoms with Crippen molar-refractivity contribution in [3.63, 3.8) is 0 Å². The van der Waals surface area contributed by atoms with Crippen LogP contribution in [0.25, 0.3) is 0 Å². The largest absolute Gasteiger partial charge is 0.497 e. The number of carbonyl (C=O) groups excluding carboxylic acids is 1. The van der Waals surface area contributed by atoms with Crippen LogP contribution in [0.3, 0.4) is 0 Å². The van der Waals surface area contributed by atoms with Crippen LogP contribution >= 0.6 is 0 Å². The molecule has 0 spiro atoms. The molecular weight excluding hydrogens is 450 g/mol. The molecule has 1 aliphatic heterocycles. The van der Waals surface area contributed by atoms with Crippen LogP contribution in [-0.4, -0.2) is 70.8 Å². The van der Waals surface area contributed by atoms with Crippen molar-refractivity contribution in [3.05, 3.63) is 59.7 Å². The molecule has 3 atom stereocenters. The number of methoxy groups -OCH3 is 1. The molecule has 1 aliphatic rings. The Morgan fingerprint density at radius 1 is 1.12 bits per heavy atom. The highest BCUT2D eigenvalue weighted by Crippen LogP contribution is 2.27. The van der Waals surface area contributed by atoms with Gasteiger partial charge in [0.25, 0.3) is 0 Å². The molecule has 0 radical (unpaired) electrons. The van der Waals surface area contributed by atoms with E-state index in [9.17, 15) is 13.2 Å². The maximum atomic E-state index is 13.2. The second-order valence-electron chi connectivity index (χ2n) is 9.60. The molecule has 7 nitrogen and oxygen atoms in total. The third-order valence-corrected chi connectivity index (χ3v) is 8.20. The van der Waals surface area contributed by atoms with E-state index in [4.69, 9.17) is 4.74 Å². The SMILES string of the molecule is COc1ccc(C(CNCC(=O)c2cccc(S(=O)(=O)N3CC(C)CC(C)C3)c2)N(C)C)cc1. The maximum Gasteiger partial charge on any atom is 0.243 e. The van der Waals surface area contributed by atoms with Crippen LogP contribution in [0.2, 0.25) is 0 Å². The van der Waals surface area contributed by atoms with Crippen molar-refractivity contribution in [1.29, 1.82) is 0 Å². The number of rotatable bonds is 10. The number of nitrogens with one attached hydrogen (secondary N) is 1. The molecule has 186 valence electrons. The second kappa shape index (κ2) is 11.4. The molecule has 3 unspecified atom stereocenters. The minimum absolute atomic E-state index is 0.0773. The summed E-state index contributed by atoms with van der Waals surface area (Å²) in [5.74, 6) is 1.31. The van der Waals surface area contributed by atoms with Crippen LogP contribution in [-0.2, 0) is 10.0 Å². The van der Waals surface area contributed by atoms with E-state index in [1.54, 1.807) is 29.6 Å². The highest BCUT2D eigenvalue weighted by Gasteiger charge is 2.32. The van der Waals surface area contributed by atoms with Gasteiger partial charge in [-0.2, -0.15) is 4.31 Å². The zero-order valence-electron chi connectivity index (χ0n) is 20.8. The van der Waals surface area contributed by atoms with Crippen molar-refractivity contribution >= 4 is 15.8 Å². The number of sulfonamides is 1. The Morgan fingerprint density at radius 3 is 2.35 bits per heavy atom. The fourth-order valence-corrected chi connectivity index (χ4v) is 6.36. The van der Waals surface area contributed by atoms with Gasteiger partial charge in [-0.15, -0.1) is 0 Å². The van der Waals surface area contributed by atoms with E-state index < -0.39 is 10.0 Å². The Hall–Kier alpha value is -2.26. The number of hydrogen-bond donors (Lipinski definition) is 1. The molecule has 2 aromatic carbocycles. The highest BCUT2D eigenvalue weighted by molar-refractivity contribution is 7.89. The Bertz CT molecular complexity index is 1060. The number of ether oxygens (including phenoxy) is 1. The van der Waals surface area contributed by atoms with Crippen LogP contribution in [0.5, 0.6) is 5.75 Å². The summed E-state index contributed by atoms with van der Waals surface area (Å²) in [6.45, 7) is 5.90. The molecule has 2 aromatic rings. The Kier molecular flexibility index (Phi) is 8.87. The molecule has 0 saturated carbocycles. The summed E-state index contributed by atoms with van der Waals surface area (Å²) in [4.78, 5) is 15.1. The number of piperidine rings is 1. The van der Waals surface area contributed by atoms with Gasteiger partial charge in [0.1, 0.15) is 5.75 Å². The molecule has 1 fully saturated rings. The molecule has 0 aromatic heterocycles. The highest BCUT2D eigenvalue weighted by atomic mass is 32.2. The van der Waals surface area contributed by atoms with Crippen molar-refractivity contribution in [2.24, 2.45) is 11.8 Å². The first-order valence-corrected chi connectivity index (χ1v) is 13.2. The lowest BCUT2D eigenvalue weighted by Gasteiger charge is -2.34. The standard InChI is InChI=1S/C26H37N3O4S/c1-19-13-20(2)18-29(17-19)34(31,32)24-8-6-7-22(14-24)26(30)16-27-15-25(28(3)4)21-9-11-23(33-5)12-10-21/h6-12,14,19-20,25,27H,13,15-18H2,1-5H3. The normalized spacial score (nSPS) is 20.3. The number of likely N-dealkylation sites (N-methyl/N-ethyl adjacent to an activating group) is 1. The topological polar surface area (TPSA) is 78.9 Å². The van der Waals surface area contributed by atoms with E-state index >= 15 is 0 Å². The van der Waals surface area contributed by atoms with Gasteiger partial charge in [-0.05, 0) is 62.2 Å². The van der Waals surface area contributed by atoms with Crippen LogP contribution in [0, 0.1) is 11.8 Å². The van der Waals surface area contributed by atoms with Crippen LogP contribution in [0.15, 0.2) is 53.4 Å². The zero-order valence-corrected chi connectivity index (χ0v) is 21.6.